The summed E-state index contributed by atoms with van der Waals surface area (Å²) in [6.07, 6.45) is 4.74. The van der Waals surface area contributed by atoms with Crippen molar-refractivity contribution in [3.8, 4) is 11.5 Å². The van der Waals surface area contributed by atoms with Gasteiger partial charge in [0.15, 0.2) is 11.5 Å². The van der Waals surface area contributed by atoms with Gasteiger partial charge in [-0.2, -0.15) is 5.10 Å². The zero-order chi connectivity index (χ0) is 20.8. The third-order valence-corrected chi connectivity index (χ3v) is 5.22. The zero-order valence-corrected chi connectivity index (χ0v) is 17.0. The molecule has 1 aliphatic heterocycles. The van der Waals surface area contributed by atoms with E-state index in [-0.39, 0.29) is 17.9 Å². The van der Waals surface area contributed by atoms with Gasteiger partial charge in [-0.1, -0.05) is 43.3 Å². The van der Waals surface area contributed by atoms with E-state index in [1.807, 2.05) is 43.3 Å². The molecule has 156 valence electrons. The Bertz CT molecular complexity index is 960. The number of rotatable bonds is 8. The molecule has 3 aromatic rings. The first kappa shape index (κ1) is 19.9. The Morgan fingerprint density at radius 3 is 2.70 bits per heavy atom. The van der Waals surface area contributed by atoms with Crippen LogP contribution in [0.3, 0.4) is 0 Å². The van der Waals surface area contributed by atoms with E-state index in [0.717, 1.165) is 29.9 Å². The Labute approximate surface area is 176 Å². The fraction of sp³-hybridized carbons (Fsp3) is 0.348. The number of nitrogens with zero attached hydrogens (tertiary/aromatic N) is 3. The number of fused-ring (bicyclic) bond motifs is 1. The van der Waals surface area contributed by atoms with Gasteiger partial charge in [-0.05, 0) is 36.1 Å². The molecule has 0 fully saturated rings. The average molecular weight is 406 g/mol. The molecule has 0 aliphatic carbocycles. The van der Waals surface area contributed by atoms with Crippen molar-refractivity contribution in [3.63, 3.8) is 0 Å². The lowest BCUT2D eigenvalue weighted by Crippen LogP contribution is -2.35. The number of aryl methyl sites for hydroxylation is 1. The van der Waals surface area contributed by atoms with Crippen molar-refractivity contribution in [2.45, 2.75) is 32.4 Å². The van der Waals surface area contributed by atoms with Gasteiger partial charge in [0.2, 0.25) is 5.91 Å². The number of amides is 1. The summed E-state index contributed by atoms with van der Waals surface area (Å²) in [4.78, 5) is 16.9. The highest BCUT2D eigenvalue weighted by molar-refractivity contribution is 5.78. The minimum atomic E-state index is -0.233. The van der Waals surface area contributed by atoms with Crippen LogP contribution in [0, 0.1) is 5.92 Å². The molecule has 0 saturated carbocycles. The van der Waals surface area contributed by atoms with Gasteiger partial charge in [0.05, 0.1) is 18.5 Å². The molecule has 1 aromatic heterocycles. The number of nitrogens with one attached hydrogen (secondary N) is 1. The van der Waals surface area contributed by atoms with Gasteiger partial charge < -0.3 is 14.8 Å². The normalized spacial score (nSPS) is 14.7. The molecule has 1 amide bonds. The second-order valence-electron chi connectivity index (χ2n) is 7.51. The lowest BCUT2D eigenvalue weighted by atomic mass is 9.97. The van der Waals surface area contributed by atoms with E-state index in [1.165, 1.54) is 11.9 Å². The van der Waals surface area contributed by atoms with Gasteiger partial charge in [0, 0.05) is 0 Å². The van der Waals surface area contributed by atoms with E-state index in [9.17, 15) is 4.79 Å². The molecular formula is C23H26N4O3. The summed E-state index contributed by atoms with van der Waals surface area (Å²) in [5.41, 5.74) is 2.25. The molecular weight excluding hydrogens is 380 g/mol. The maximum atomic E-state index is 12.9. The number of ether oxygens (including phenoxy) is 2. The molecule has 7 nitrogen and oxygen atoms in total. The van der Waals surface area contributed by atoms with E-state index in [4.69, 9.17) is 9.47 Å². The monoisotopic (exact) mass is 406 g/mol. The third-order valence-electron chi connectivity index (χ3n) is 5.22. The average Bonchev–Trinajstić information content (AvgIpc) is 3.30. The number of benzene rings is 2. The van der Waals surface area contributed by atoms with Crippen LogP contribution in [0.25, 0.3) is 0 Å². The third kappa shape index (κ3) is 4.97. The van der Waals surface area contributed by atoms with Crippen molar-refractivity contribution >= 4 is 5.91 Å². The topological polar surface area (TPSA) is 78.3 Å². The standard InChI is InChI=1S/C23H26N4O3/c1-17(14-27-16-24-15-25-27)23(28)26-20(9-7-18-5-3-2-4-6-18)19-8-10-21-22(13-19)30-12-11-29-21/h2-6,8,10,13,15-17,20H,7,9,11-12,14H2,1H3,(H,26,28)/t17-,20+/m0/s1. The lowest BCUT2D eigenvalue weighted by molar-refractivity contribution is -0.125. The largest absolute Gasteiger partial charge is 0.486 e. The SMILES string of the molecule is C[C@@H](Cn1cncn1)C(=O)N[C@H](CCc1ccccc1)c1ccc2c(c1)OCCO2. The van der Waals surface area contributed by atoms with Crippen LogP contribution in [-0.4, -0.2) is 33.9 Å². The van der Waals surface area contributed by atoms with Crippen molar-refractivity contribution in [2.75, 3.05) is 13.2 Å². The van der Waals surface area contributed by atoms with E-state index < -0.39 is 0 Å². The summed E-state index contributed by atoms with van der Waals surface area (Å²) in [5.74, 6) is 1.23. The lowest BCUT2D eigenvalue weighted by Gasteiger charge is -2.24. The molecule has 2 atom stereocenters. The molecule has 0 saturated heterocycles. The number of carbonyl (C=O) groups is 1. The Kier molecular flexibility index (Phi) is 6.27. The first-order valence-electron chi connectivity index (χ1n) is 10.3. The highest BCUT2D eigenvalue weighted by Crippen LogP contribution is 2.33. The smallest absolute Gasteiger partial charge is 0.225 e. The molecule has 2 heterocycles. The summed E-state index contributed by atoms with van der Waals surface area (Å²) in [7, 11) is 0. The fourth-order valence-electron chi connectivity index (χ4n) is 3.56. The molecule has 0 unspecified atom stereocenters. The summed E-state index contributed by atoms with van der Waals surface area (Å²) in [6.45, 7) is 3.47. The minimum absolute atomic E-state index is 0.0153. The Morgan fingerprint density at radius 2 is 1.93 bits per heavy atom. The second-order valence-corrected chi connectivity index (χ2v) is 7.51. The minimum Gasteiger partial charge on any atom is -0.486 e. The molecule has 7 heteroatoms. The van der Waals surface area contributed by atoms with E-state index in [2.05, 4.69) is 27.5 Å². The van der Waals surface area contributed by atoms with Crippen LogP contribution < -0.4 is 14.8 Å². The highest BCUT2D eigenvalue weighted by atomic mass is 16.6. The van der Waals surface area contributed by atoms with Crippen molar-refractivity contribution in [3.05, 3.63) is 72.3 Å². The second kappa shape index (κ2) is 9.43. The number of aromatic nitrogens is 3. The summed E-state index contributed by atoms with van der Waals surface area (Å²) in [5, 5.41) is 7.32. The number of carbonyl (C=O) groups excluding carboxylic acids is 1. The predicted molar refractivity (Wildman–Crippen MR) is 112 cm³/mol. The molecule has 30 heavy (non-hydrogen) atoms. The first-order valence-corrected chi connectivity index (χ1v) is 10.3. The van der Waals surface area contributed by atoms with Crippen LogP contribution in [0.15, 0.2) is 61.2 Å². The van der Waals surface area contributed by atoms with E-state index in [0.29, 0.717) is 19.8 Å². The first-order chi connectivity index (χ1) is 14.7. The zero-order valence-electron chi connectivity index (χ0n) is 17.0. The Balaban J connectivity index is 1.49. The summed E-state index contributed by atoms with van der Waals surface area (Å²) >= 11 is 0. The van der Waals surface area contributed by atoms with Crippen molar-refractivity contribution in [1.29, 1.82) is 0 Å². The van der Waals surface area contributed by atoms with Crippen LogP contribution >= 0.6 is 0 Å². The van der Waals surface area contributed by atoms with Crippen LogP contribution in [0.2, 0.25) is 0 Å². The van der Waals surface area contributed by atoms with Crippen LogP contribution in [0.4, 0.5) is 0 Å². The van der Waals surface area contributed by atoms with Gasteiger partial charge in [-0.3, -0.25) is 9.48 Å². The quantitative estimate of drug-likeness (QED) is 0.622. The van der Waals surface area contributed by atoms with Crippen molar-refractivity contribution < 1.29 is 14.3 Å². The Hall–Kier alpha value is -3.35. The molecule has 2 aromatic carbocycles. The van der Waals surface area contributed by atoms with Crippen LogP contribution in [0.1, 0.15) is 30.5 Å². The van der Waals surface area contributed by atoms with Crippen molar-refractivity contribution in [1.82, 2.24) is 20.1 Å². The summed E-state index contributed by atoms with van der Waals surface area (Å²) < 4.78 is 13.1. The molecule has 1 N–H and O–H groups in total. The highest BCUT2D eigenvalue weighted by Gasteiger charge is 2.22. The predicted octanol–water partition coefficient (Wildman–Crippen LogP) is 3.18. The van der Waals surface area contributed by atoms with E-state index >= 15 is 0 Å². The fourth-order valence-corrected chi connectivity index (χ4v) is 3.56. The number of hydrogen-bond donors (Lipinski definition) is 1. The Morgan fingerprint density at radius 1 is 1.13 bits per heavy atom. The maximum absolute atomic E-state index is 12.9. The van der Waals surface area contributed by atoms with Crippen LogP contribution in [-0.2, 0) is 17.8 Å². The van der Waals surface area contributed by atoms with Gasteiger partial charge >= 0.3 is 0 Å². The van der Waals surface area contributed by atoms with Crippen molar-refractivity contribution in [2.24, 2.45) is 5.92 Å². The maximum Gasteiger partial charge on any atom is 0.225 e. The van der Waals surface area contributed by atoms with Gasteiger partial charge in [0.1, 0.15) is 25.9 Å². The summed E-state index contributed by atoms with van der Waals surface area (Å²) in [6, 6.07) is 16.1. The van der Waals surface area contributed by atoms with E-state index in [1.54, 1.807) is 11.0 Å². The molecule has 0 bridgehead atoms. The molecule has 4 rings (SSSR count). The molecule has 0 radical (unpaired) electrons. The number of hydrogen-bond acceptors (Lipinski definition) is 5. The van der Waals surface area contributed by atoms with Gasteiger partial charge in [-0.15, -0.1) is 0 Å². The van der Waals surface area contributed by atoms with Gasteiger partial charge in [0.25, 0.3) is 0 Å². The molecule has 0 spiro atoms. The molecule has 1 aliphatic rings. The van der Waals surface area contributed by atoms with Crippen LogP contribution in [0.5, 0.6) is 11.5 Å². The van der Waals surface area contributed by atoms with Gasteiger partial charge in [-0.25, -0.2) is 4.98 Å².